The molecule has 5 rings (SSSR count). The van der Waals surface area contributed by atoms with E-state index >= 15 is 0 Å². The fourth-order valence-corrected chi connectivity index (χ4v) is 3.25. The maximum absolute atomic E-state index is 5.89. The van der Waals surface area contributed by atoms with Crippen molar-refractivity contribution < 1.29 is 9.47 Å². The van der Waals surface area contributed by atoms with Gasteiger partial charge in [0.1, 0.15) is 11.5 Å². The molecule has 0 aliphatic carbocycles. The normalized spacial score (nSPS) is 14.4. The number of morpholine rings is 1. The molecule has 0 atom stereocenters. The third-order valence-electron chi connectivity index (χ3n) is 4.70. The van der Waals surface area contributed by atoms with Gasteiger partial charge in [-0.2, -0.15) is 10.1 Å². The molecule has 2 aromatic heterocycles. The molecule has 7 nitrogen and oxygen atoms in total. The molecule has 0 unspecified atom stereocenters. The largest absolute Gasteiger partial charge is 0.457 e. The highest BCUT2D eigenvalue weighted by atomic mass is 16.5. The lowest BCUT2D eigenvalue weighted by Crippen LogP contribution is -2.37. The smallest absolute Gasteiger partial charge is 0.228 e. The Hall–Kier alpha value is -3.45. The Morgan fingerprint density at radius 3 is 2.43 bits per heavy atom. The molecule has 140 valence electrons. The first-order chi connectivity index (χ1) is 13.9. The molecule has 3 heterocycles. The van der Waals surface area contributed by atoms with Crippen molar-refractivity contribution in [3.63, 3.8) is 0 Å². The number of hydrogen-bond acceptors (Lipinski definition) is 6. The first-order valence-electron chi connectivity index (χ1n) is 9.24. The standard InChI is InChI=1S/C21H19N5O2/c1-2-4-16(5-3-1)28-17-8-6-15(7-9-17)19-18-14-22-25-20(18)24-21(23-19)26-10-12-27-13-11-26/h1-9,14H,10-13H2,(H,22,23,24,25). The summed E-state index contributed by atoms with van der Waals surface area (Å²) in [6.45, 7) is 2.93. The Morgan fingerprint density at radius 2 is 1.64 bits per heavy atom. The van der Waals surface area contributed by atoms with Crippen LogP contribution in [-0.2, 0) is 4.74 Å². The number of fused-ring (bicyclic) bond motifs is 1. The van der Waals surface area contributed by atoms with Crippen molar-refractivity contribution in [2.24, 2.45) is 0 Å². The molecule has 0 amide bonds. The van der Waals surface area contributed by atoms with Gasteiger partial charge in [-0.15, -0.1) is 0 Å². The predicted molar refractivity (Wildman–Crippen MR) is 107 cm³/mol. The van der Waals surface area contributed by atoms with Crippen LogP contribution in [0.25, 0.3) is 22.3 Å². The summed E-state index contributed by atoms with van der Waals surface area (Å²) in [7, 11) is 0. The van der Waals surface area contributed by atoms with E-state index in [1.165, 1.54) is 0 Å². The van der Waals surface area contributed by atoms with E-state index in [0.717, 1.165) is 46.9 Å². The van der Waals surface area contributed by atoms with Crippen LogP contribution in [0.15, 0.2) is 60.8 Å². The number of nitrogens with zero attached hydrogens (tertiary/aromatic N) is 4. The Labute approximate surface area is 162 Å². The lowest BCUT2D eigenvalue weighted by Gasteiger charge is -2.27. The quantitative estimate of drug-likeness (QED) is 0.588. The van der Waals surface area contributed by atoms with Crippen LogP contribution in [-0.4, -0.2) is 46.5 Å². The molecule has 0 saturated carbocycles. The number of rotatable bonds is 4. The molecule has 4 aromatic rings. The highest BCUT2D eigenvalue weighted by Crippen LogP contribution is 2.30. The summed E-state index contributed by atoms with van der Waals surface area (Å²) in [5.41, 5.74) is 2.58. The lowest BCUT2D eigenvalue weighted by atomic mass is 10.1. The first kappa shape index (κ1) is 16.7. The molecule has 0 radical (unpaired) electrons. The van der Waals surface area contributed by atoms with Gasteiger partial charge in [0.25, 0.3) is 0 Å². The second-order valence-corrected chi connectivity index (χ2v) is 6.54. The van der Waals surface area contributed by atoms with Crippen molar-refractivity contribution >= 4 is 17.0 Å². The fraction of sp³-hybridized carbons (Fsp3) is 0.190. The Morgan fingerprint density at radius 1 is 0.893 bits per heavy atom. The minimum atomic E-state index is 0.686. The maximum Gasteiger partial charge on any atom is 0.228 e. The molecule has 7 heteroatoms. The molecule has 1 saturated heterocycles. The number of aromatic amines is 1. The third-order valence-corrected chi connectivity index (χ3v) is 4.70. The summed E-state index contributed by atoms with van der Waals surface area (Å²) in [6, 6.07) is 17.7. The fourth-order valence-electron chi connectivity index (χ4n) is 3.25. The number of benzene rings is 2. The van der Waals surface area contributed by atoms with E-state index in [1.807, 2.05) is 54.6 Å². The summed E-state index contributed by atoms with van der Waals surface area (Å²) in [6.07, 6.45) is 1.77. The van der Waals surface area contributed by atoms with Gasteiger partial charge in [0.15, 0.2) is 5.65 Å². The second kappa shape index (κ2) is 7.28. The maximum atomic E-state index is 5.89. The summed E-state index contributed by atoms with van der Waals surface area (Å²) < 4.78 is 11.3. The summed E-state index contributed by atoms with van der Waals surface area (Å²) >= 11 is 0. The molecular formula is C21H19N5O2. The molecule has 0 spiro atoms. The minimum absolute atomic E-state index is 0.686. The number of hydrogen-bond donors (Lipinski definition) is 1. The lowest BCUT2D eigenvalue weighted by molar-refractivity contribution is 0.122. The van der Waals surface area contributed by atoms with Crippen LogP contribution in [0.2, 0.25) is 0 Å². The zero-order valence-corrected chi connectivity index (χ0v) is 15.2. The van der Waals surface area contributed by atoms with Crippen molar-refractivity contribution in [3.05, 3.63) is 60.8 Å². The SMILES string of the molecule is c1ccc(Oc2ccc(-c3nc(N4CCOCC4)nc4[nH]ncc34)cc2)cc1. The van der Waals surface area contributed by atoms with Crippen molar-refractivity contribution in [3.8, 4) is 22.8 Å². The number of para-hydroxylation sites is 1. The average molecular weight is 373 g/mol. The molecule has 0 bridgehead atoms. The zero-order valence-electron chi connectivity index (χ0n) is 15.2. The van der Waals surface area contributed by atoms with E-state index in [9.17, 15) is 0 Å². The van der Waals surface area contributed by atoms with Gasteiger partial charge >= 0.3 is 0 Å². The van der Waals surface area contributed by atoms with Gasteiger partial charge in [0.05, 0.1) is 30.5 Å². The van der Waals surface area contributed by atoms with Crippen LogP contribution in [0.4, 0.5) is 5.95 Å². The third kappa shape index (κ3) is 3.27. The molecule has 2 aromatic carbocycles. The second-order valence-electron chi connectivity index (χ2n) is 6.54. The summed E-state index contributed by atoms with van der Waals surface area (Å²) in [5, 5.41) is 8.02. The average Bonchev–Trinajstić information content (AvgIpc) is 3.24. The van der Waals surface area contributed by atoms with Crippen LogP contribution in [0, 0.1) is 0 Å². The molecule has 1 aliphatic rings. The van der Waals surface area contributed by atoms with Crippen molar-refractivity contribution in [1.82, 2.24) is 20.2 Å². The van der Waals surface area contributed by atoms with Gasteiger partial charge in [0, 0.05) is 18.7 Å². The number of aromatic nitrogens is 4. The molecule has 1 N–H and O–H groups in total. The van der Waals surface area contributed by atoms with Gasteiger partial charge in [-0.05, 0) is 36.4 Å². The Bertz CT molecular complexity index is 1070. The number of ether oxygens (including phenoxy) is 2. The van der Waals surface area contributed by atoms with Crippen molar-refractivity contribution in [2.75, 3.05) is 31.2 Å². The minimum Gasteiger partial charge on any atom is -0.457 e. The van der Waals surface area contributed by atoms with Gasteiger partial charge in [-0.1, -0.05) is 18.2 Å². The van der Waals surface area contributed by atoms with E-state index in [2.05, 4.69) is 20.1 Å². The topological polar surface area (TPSA) is 76.2 Å². The monoisotopic (exact) mass is 373 g/mol. The first-order valence-corrected chi connectivity index (χ1v) is 9.24. The summed E-state index contributed by atoms with van der Waals surface area (Å²) in [5.74, 6) is 2.28. The van der Waals surface area contributed by atoms with E-state index in [4.69, 9.17) is 14.5 Å². The van der Waals surface area contributed by atoms with Crippen LogP contribution in [0.3, 0.4) is 0 Å². The van der Waals surface area contributed by atoms with Gasteiger partial charge < -0.3 is 14.4 Å². The number of nitrogens with one attached hydrogen (secondary N) is 1. The summed E-state index contributed by atoms with van der Waals surface area (Å²) in [4.78, 5) is 11.6. The Balaban J connectivity index is 1.48. The highest BCUT2D eigenvalue weighted by Gasteiger charge is 2.18. The van der Waals surface area contributed by atoms with Gasteiger partial charge in [-0.25, -0.2) is 4.98 Å². The van der Waals surface area contributed by atoms with Crippen LogP contribution in [0.1, 0.15) is 0 Å². The molecular weight excluding hydrogens is 354 g/mol. The van der Waals surface area contributed by atoms with Crippen molar-refractivity contribution in [1.29, 1.82) is 0 Å². The van der Waals surface area contributed by atoms with E-state index in [-0.39, 0.29) is 0 Å². The van der Waals surface area contributed by atoms with E-state index < -0.39 is 0 Å². The molecule has 1 fully saturated rings. The predicted octanol–water partition coefficient (Wildman–Crippen LogP) is 3.65. The van der Waals surface area contributed by atoms with E-state index in [1.54, 1.807) is 6.20 Å². The van der Waals surface area contributed by atoms with Crippen LogP contribution in [0.5, 0.6) is 11.5 Å². The Kier molecular flexibility index (Phi) is 4.34. The zero-order chi connectivity index (χ0) is 18.8. The number of H-pyrrole nitrogens is 1. The highest BCUT2D eigenvalue weighted by molar-refractivity contribution is 5.90. The molecule has 28 heavy (non-hydrogen) atoms. The van der Waals surface area contributed by atoms with Gasteiger partial charge in [-0.3, -0.25) is 5.10 Å². The van der Waals surface area contributed by atoms with Gasteiger partial charge in [0.2, 0.25) is 5.95 Å². The van der Waals surface area contributed by atoms with Crippen molar-refractivity contribution in [2.45, 2.75) is 0 Å². The van der Waals surface area contributed by atoms with Crippen LogP contribution >= 0.6 is 0 Å². The molecule has 1 aliphatic heterocycles. The van der Waals surface area contributed by atoms with E-state index in [0.29, 0.717) is 19.2 Å². The van der Waals surface area contributed by atoms with Crippen LogP contribution < -0.4 is 9.64 Å². The number of anilines is 1.